The number of benzene rings is 2. The molecule has 0 aliphatic heterocycles. The zero-order valence-corrected chi connectivity index (χ0v) is 12.1. The van der Waals surface area contributed by atoms with Gasteiger partial charge < -0.3 is 4.74 Å². The molecule has 2 nitrogen and oxygen atoms in total. The van der Waals surface area contributed by atoms with Crippen LogP contribution in [0.3, 0.4) is 0 Å². The summed E-state index contributed by atoms with van der Waals surface area (Å²) in [5, 5.41) is 1.51. The van der Waals surface area contributed by atoms with Crippen molar-refractivity contribution in [3.8, 4) is 5.75 Å². The molecule has 4 heteroatoms. The summed E-state index contributed by atoms with van der Waals surface area (Å²) < 4.78 is 19.2. The summed E-state index contributed by atoms with van der Waals surface area (Å²) in [6, 6.07) is 13.7. The minimum atomic E-state index is -0.269. The van der Waals surface area contributed by atoms with E-state index >= 15 is 0 Å². The number of hydrogen-bond donors (Lipinski definition) is 0. The van der Waals surface area contributed by atoms with Crippen molar-refractivity contribution in [1.82, 2.24) is 4.98 Å². The molecule has 1 heterocycles. The molecule has 3 rings (SSSR count). The maximum absolute atomic E-state index is 13.3. The average Bonchev–Trinajstić information content (AvgIpc) is 2.47. The molecule has 0 N–H and O–H groups in total. The molecule has 0 aliphatic rings. The molecule has 0 amide bonds. The number of halogens is 2. The molecular weight excluding hydrogens is 289 g/mol. The molecule has 21 heavy (non-hydrogen) atoms. The van der Waals surface area contributed by atoms with Gasteiger partial charge in [-0.2, -0.15) is 0 Å². The van der Waals surface area contributed by atoms with Crippen LogP contribution in [0.5, 0.6) is 5.75 Å². The Balaban J connectivity index is 1.94. The highest BCUT2D eigenvalue weighted by Gasteiger charge is 2.11. The number of rotatable bonds is 3. The first kappa shape index (κ1) is 13.8. The fourth-order valence-corrected chi connectivity index (χ4v) is 2.38. The smallest absolute Gasteiger partial charge is 0.131 e. The SMILES string of the molecule is CC(Oc1ccnc2cc(Cl)ccc12)c1cccc(F)c1. The van der Waals surface area contributed by atoms with Gasteiger partial charge in [-0.25, -0.2) is 4.39 Å². The zero-order valence-electron chi connectivity index (χ0n) is 11.4. The molecule has 0 bridgehead atoms. The molecule has 0 saturated carbocycles. The number of fused-ring (bicyclic) bond motifs is 1. The molecule has 106 valence electrons. The van der Waals surface area contributed by atoms with Gasteiger partial charge in [0.25, 0.3) is 0 Å². The Labute approximate surface area is 127 Å². The molecule has 0 aliphatic carbocycles. The van der Waals surface area contributed by atoms with Crippen LogP contribution in [0.1, 0.15) is 18.6 Å². The normalized spacial score (nSPS) is 12.3. The highest BCUT2D eigenvalue weighted by atomic mass is 35.5. The van der Waals surface area contributed by atoms with E-state index in [0.29, 0.717) is 10.8 Å². The molecular formula is C17H13ClFNO. The third-order valence-electron chi connectivity index (χ3n) is 3.29. The standard InChI is InChI=1S/C17H13ClFNO/c1-11(12-3-2-4-14(19)9-12)21-17-7-8-20-16-10-13(18)5-6-15(16)17/h2-11H,1H3. The van der Waals surface area contributed by atoms with Crippen molar-refractivity contribution in [3.05, 3.63) is 71.1 Å². The van der Waals surface area contributed by atoms with Gasteiger partial charge in [-0.15, -0.1) is 0 Å². The highest BCUT2D eigenvalue weighted by molar-refractivity contribution is 6.31. The first-order chi connectivity index (χ1) is 10.1. The van der Waals surface area contributed by atoms with Crippen LogP contribution in [0.4, 0.5) is 4.39 Å². The number of ether oxygens (including phenoxy) is 1. The van der Waals surface area contributed by atoms with Crippen molar-refractivity contribution in [2.45, 2.75) is 13.0 Å². The van der Waals surface area contributed by atoms with Gasteiger partial charge in [-0.05, 0) is 48.9 Å². The van der Waals surface area contributed by atoms with Gasteiger partial charge in [0, 0.05) is 16.6 Å². The molecule has 2 aromatic carbocycles. The topological polar surface area (TPSA) is 22.1 Å². The monoisotopic (exact) mass is 301 g/mol. The third kappa shape index (κ3) is 2.98. The highest BCUT2D eigenvalue weighted by Crippen LogP contribution is 2.30. The number of hydrogen-bond acceptors (Lipinski definition) is 2. The van der Waals surface area contributed by atoms with Gasteiger partial charge in [0.2, 0.25) is 0 Å². The van der Waals surface area contributed by atoms with Gasteiger partial charge in [-0.3, -0.25) is 4.98 Å². The molecule has 3 aromatic rings. The van der Waals surface area contributed by atoms with Crippen molar-refractivity contribution >= 4 is 22.5 Å². The van der Waals surface area contributed by atoms with Crippen LogP contribution in [-0.2, 0) is 0 Å². The minimum absolute atomic E-state index is 0.262. The van der Waals surface area contributed by atoms with Gasteiger partial charge in [-0.1, -0.05) is 23.7 Å². The van der Waals surface area contributed by atoms with Crippen LogP contribution < -0.4 is 4.74 Å². The van der Waals surface area contributed by atoms with Crippen molar-refractivity contribution in [2.24, 2.45) is 0 Å². The summed E-state index contributed by atoms with van der Waals surface area (Å²) in [6.07, 6.45) is 1.41. The largest absolute Gasteiger partial charge is 0.485 e. The molecule has 0 saturated heterocycles. The fourth-order valence-electron chi connectivity index (χ4n) is 2.22. The maximum Gasteiger partial charge on any atom is 0.131 e. The van der Waals surface area contributed by atoms with Crippen LogP contribution in [-0.4, -0.2) is 4.98 Å². The minimum Gasteiger partial charge on any atom is -0.485 e. The number of nitrogens with zero attached hydrogens (tertiary/aromatic N) is 1. The summed E-state index contributed by atoms with van der Waals surface area (Å²) in [7, 11) is 0. The van der Waals surface area contributed by atoms with Gasteiger partial charge in [0.05, 0.1) is 5.52 Å². The lowest BCUT2D eigenvalue weighted by Gasteiger charge is -2.16. The quantitative estimate of drug-likeness (QED) is 0.666. The summed E-state index contributed by atoms with van der Waals surface area (Å²) in [6.45, 7) is 1.89. The molecule has 1 aromatic heterocycles. The van der Waals surface area contributed by atoms with Gasteiger partial charge in [0.1, 0.15) is 17.7 Å². The lowest BCUT2D eigenvalue weighted by atomic mass is 10.1. The van der Waals surface area contributed by atoms with E-state index in [1.54, 1.807) is 30.5 Å². The van der Waals surface area contributed by atoms with E-state index in [1.807, 2.05) is 19.1 Å². The molecule has 0 spiro atoms. The predicted octanol–water partition coefficient (Wildman–Crippen LogP) is 5.17. The second-order valence-corrected chi connectivity index (χ2v) is 5.22. The van der Waals surface area contributed by atoms with E-state index in [4.69, 9.17) is 16.3 Å². The van der Waals surface area contributed by atoms with Crippen LogP contribution in [0, 0.1) is 5.82 Å². The average molecular weight is 302 g/mol. The summed E-state index contributed by atoms with van der Waals surface area (Å²) in [4.78, 5) is 4.27. The fraction of sp³-hybridized carbons (Fsp3) is 0.118. The first-order valence-corrected chi connectivity index (χ1v) is 6.97. The van der Waals surface area contributed by atoms with E-state index in [1.165, 1.54) is 12.1 Å². The molecule has 0 fully saturated rings. The Morgan fingerprint density at radius 1 is 1.14 bits per heavy atom. The van der Waals surface area contributed by atoms with Crippen LogP contribution in [0.15, 0.2) is 54.7 Å². The summed E-state index contributed by atoms with van der Waals surface area (Å²) in [5.41, 5.74) is 1.56. The lowest BCUT2D eigenvalue weighted by molar-refractivity contribution is 0.229. The Hall–Kier alpha value is -2.13. The summed E-state index contributed by atoms with van der Waals surface area (Å²) in [5.74, 6) is 0.433. The Morgan fingerprint density at radius 2 is 2.00 bits per heavy atom. The van der Waals surface area contributed by atoms with Crippen molar-refractivity contribution in [2.75, 3.05) is 0 Å². The first-order valence-electron chi connectivity index (χ1n) is 6.60. The maximum atomic E-state index is 13.3. The van der Waals surface area contributed by atoms with E-state index in [0.717, 1.165) is 16.5 Å². The molecule has 0 radical (unpaired) electrons. The summed E-state index contributed by atoms with van der Waals surface area (Å²) >= 11 is 5.97. The van der Waals surface area contributed by atoms with Crippen LogP contribution in [0.25, 0.3) is 10.9 Å². The Kier molecular flexibility index (Phi) is 3.76. The van der Waals surface area contributed by atoms with Crippen LogP contribution >= 0.6 is 11.6 Å². The number of pyridine rings is 1. The number of aromatic nitrogens is 1. The van der Waals surface area contributed by atoms with Crippen molar-refractivity contribution < 1.29 is 9.13 Å². The zero-order chi connectivity index (χ0) is 14.8. The third-order valence-corrected chi connectivity index (χ3v) is 3.52. The van der Waals surface area contributed by atoms with Gasteiger partial charge in [0.15, 0.2) is 0 Å². The van der Waals surface area contributed by atoms with E-state index < -0.39 is 0 Å². The Morgan fingerprint density at radius 3 is 2.81 bits per heavy atom. The lowest BCUT2D eigenvalue weighted by Crippen LogP contribution is -2.04. The van der Waals surface area contributed by atoms with Crippen molar-refractivity contribution in [3.63, 3.8) is 0 Å². The second-order valence-electron chi connectivity index (χ2n) is 4.79. The van der Waals surface area contributed by atoms with Crippen molar-refractivity contribution in [1.29, 1.82) is 0 Å². The second kappa shape index (κ2) is 5.70. The molecule has 1 atom stereocenters. The van der Waals surface area contributed by atoms with E-state index in [2.05, 4.69) is 4.98 Å². The van der Waals surface area contributed by atoms with E-state index in [9.17, 15) is 4.39 Å². The van der Waals surface area contributed by atoms with Gasteiger partial charge >= 0.3 is 0 Å². The predicted molar refractivity (Wildman–Crippen MR) is 82.2 cm³/mol. The molecule has 1 unspecified atom stereocenters. The van der Waals surface area contributed by atoms with E-state index in [-0.39, 0.29) is 11.9 Å². The Bertz CT molecular complexity index is 791. The van der Waals surface area contributed by atoms with Crippen LogP contribution in [0.2, 0.25) is 5.02 Å².